The van der Waals surface area contributed by atoms with Gasteiger partial charge in [-0.3, -0.25) is 13.6 Å². The molecule has 5 rings (SSSR count). The van der Waals surface area contributed by atoms with E-state index in [1.165, 1.54) is 89.9 Å². The number of azide groups is 3. The maximum atomic E-state index is 11.9. The zero-order valence-electron chi connectivity index (χ0n) is 59.0. The highest BCUT2D eigenvalue weighted by atomic mass is 35.7. The fourth-order valence-electron chi connectivity index (χ4n) is 9.48. The fourth-order valence-corrected chi connectivity index (χ4v) is 19.5. The molecule has 0 amide bonds. The van der Waals surface area contributed by atoms with Gasteiger partial charge in [0, 0.05) is 41.0 Å². The normalized spacial score (nSPS) is 19.7. The van der Waals surface area contributed by atoms with Crippen molar-refractivity contribution in [1.82, 2.24) is 0 Å². The van der Waals surface area contributed by atoms with Gasteiger partial charge in [0.2, 0.25) is 0 Å². The summed E-state index contributed by atoms with van der Waals surface area (Å²) in [7, 11) is -33.5. The van der Waals surface area contributed by atoms with Crippen LogP contribution < -0.4 is 9.05 Å². The number of halogens is 1. The van der Waals surface area contributed by atoms with E-state index in [0.717, 1.165) is 128 Å². The van der Waals surface area contributed by atoms with E-state index >= 15 is 0 Å². The molecule has 6 unspecified atom stereocenters. The molecule has 1 saturated heterocycles. The lowest BCUT2D eigenvalue weighted by Gasteiger charge is -2.26. The molecule has 2 aromatic carbocycles. The number of aliphatic hydroxyl groups is 1. The minimum absolute atomic E-state index is 0.114. The van der Waals surface area contributed by atoms with Gasteiger partial charge in [-0.1, -0.05) is 239 Å². The molecule has 3 aliphatic rings. The van der Waals surface area contributed by atoms with Gasteiger partial charge in [0.05, 0.1) is 19.8 Å². The SMILES string of the molecule is CCCCCCCCCCCCOP1OC(=O)c2ccccc2O1.O=C1OP(Cl)Oc2ccccc21.[N-]=[N+]=NCCCCCCCCCCCO.[N-]=[N+]=NCCCCCCCCCCCOP(=O)(O)OP(=O)(O)OP(=O)(O)O.[N-]=[N+]=NCCCCCCCCCCCOP1(=O)OP(=O)(O)OP(=O)(O)O1. The summed E-state index contributed by atoms with van der Waals surface area (Å²) in [4.78, 5) is 84.2. The van der Waals surface area contributed by atoms with Gasteiger partial charge in [-0.15, -0.1) is 0 Å². The molecule has 45 heteroatoms. The van der Waals surface area contributed by atoms with Gasteiger partial charge in [-0.2, -0.15) is 21.6 Å². The number of para-hydroxylation sites is 2. The van der Waals surface area contributed by atoms with E-state index in [4.69, 9.17) is 80.0 Å². The van der Waals surface area contributed by atoms with E-state index in [1.807, 2.05) is 6.07 Å². The van der Waals surface area contributed by atoms with Gasteiger partial charge >= 0.3 is 75.2 Å². The third-order valence-electron chi connectivity index (χ3n) is 14.5. The van der Waals surface area contributed by atoms with Gasteiger partial charge in [-0.25, -0.2) is 37.0 Å². The Bertz CT molecular complexity index is 3110. The molecule has 0 bridgehead atoms. The van der Waals surface area contributed by atoms with E-state index in [0.29, 0.717) is 74.7 Å². The molecule has 3 heterocycles. The highest BCUT2D eigenvalue weighted by molar-refractivity contribution is 7.77. The van der Waals surface area contributed by atoms with Crippen LogP contribution in [-0.2, 0) is 71.6 Å². The van der Waals surface area contributed by atoms with Crippen molar-refractivity contribution in [3.8, 4) is 11.5 Å². The number of aliphatic hydroxyl groups excluding tert-OH is 1. The lowest BCUT2D eigenvalue weighted by molar-refractivity contribution is 0.0667. The molecular weight excluding hydrogens is 1550 g/mol. The second-order valence-corrected chi connectivity index (χ2v) is 35.5. The summed E-state index contributed by atoms with van der Waals surface area (Å²) in [6.45, 7) is 4.52. The number of benzene rings is 2. The minimum Gasteiger partial charge on any atom is -0.426 e. The number of phosphoric acid groups is 6. The summed E-state index contributed by atoms with van der Waals surface area (Å²) >= 11 is 5.54. The number of nitrogens with zero attached hydrogens (tertiary/aromatic N) is 9. The van der Waals surface area contributed by atoms with Crippen molar-refractivity contribution in [2.45, 2.75) is 244 Å². The maximum Gasteiger partial charge on any atom is 0.492 e. The van der Waals surface area contributed by atoms with E-state index in [1.54, 1.807) is 42.5 Å². The molecule has 3 aliphatic heterocycles. The Labute approximate surface area is 616 Å². The molecule has 0 saturated carbocycles. The van der Waals surface area contributed by atoms with Gasteiger partial charge in [0.15, 0.2) is 0 Å². The maximum absolute atomic E-state index is 11.9. The molecule has 1 fully saturated rings. The summed E-state index contributed by atoms with van der Waals surface area (Å²) in [6, 6.07) is 13.9. The number of unbranched alkanes of at least 4 members (excludes halogenated alkanes) is 33. The van der Waals surface area contributed by atoms with Crippen LogP contribution in [0.25, 0.3) is 31.3 Å². The van der Waals surface area contributed by atoms with E-state index in [9.17, 15) is 41.9 Å². The van der Waals surface area contributed by atoms with Crippen LogP contribution in [0.5, 0.6) is 11.5 Å². The van der Waals surface area contributed by atoms with Gasteiger partial charge in [-0.05, 0) is 97.0 Å². The number of hydrogen-bond acceptors (Lipinski definition) is 24. The fraction of sp³-hybridized carbons (Fsp3) is 0.763. The van der Waals surface area contributed by atoms with Crippen LogP contribution in [-0.4, -0.2) is 92.5 Å². The Balaban J connectivity index is 0.000000667. The lowest BCUT2D eigenvalue weighted by atomic mass is 10.1. The summed E-state index contributed by atoms with van der Waals surface area (Å²) in [6.07, 6.45) is 39.9. The third-order valence-corrected chi connectivity index (χ3v) is 25.9. The van der Waals surface area contributed by atoms with Crippen molar-refractivity contribution in [3.63, 3.8) is 0 Å². The van der Waals surface area contributed by atoms with Crippen molar-refractivity contribution in [3.05, 3.63) is 91.0 Å². The molecule has 104 heavy (non-hydrogen) atoms. The van der Waals surface area contributed by atoms with Crippen molar-refractivity contribution in [2.75, 3.05) is 46.1 Å². The summed E-state index contributed by atoms with van der Waals surface area (Å²) in [5.74, 6) is 0.279. The average Bonchev–Trinajstić information content (AvgIpc) is 0.786. The zero-order valence-corrected chi connectivity index (χ0v) is 66.9. The van der Waals surface area contributed by atoms with Crippen LogP contribution in [0.1, 0.15) is 265 Å². The molecule has 0 spiro atoms. The van der Waals surface area contributed by atoms with Crippen molar-refractivity contribution in [2.24, 2.45) is 15.3 Å². The Hall–Kier alpha value is -3.16. The molecule has 7 N–H and O–H groups in total. The second-order valence-electron chi connectivity index (χ2n) is 23.4. The minimum atomic E-state index is -5.45. The largest absolute Gasteiger partial charge is 0.492 e. The van der Waals surface area contributed by atoms with Gasteiger partial charge < -0.3 is 52.6 Å². The topological polar surface area (TPSA) is 535 Å². The molecule has 0 aromatic heterocycles. The lowest BCUT2D eigenvalue weighted by Crippen LogP contribution is -2.13. The van der Waals surface area contributed by atoms with Crippen LogP contribution in [0, 0.1) is 0 Å². The molecular formula is C59H106ClN9O27P8. The molecule has 2 aromatic rings. The average molecular weight is 1660 g/mol. The van der Waals surface area contributed by atoms with Crippen LogP contribution >= 0.6 is 74.5 Å². The highest BCUT2D eigenvalue weighted by Crippen LogP contribution is 2.80. The zero-order chi connectivity index (χ0) is 77.1. The smallest absolute Gasteiger partial charge is 0.426 e. The number of hydrogen-bond donors (Lipinski definition) is 7. The van der Waals surface area contributed by atoms with Crippen molar-refractivity contribution < 1.29 is 125 Å². The number of phosphoric ester groups is 1. The van der Waals surface area contributed by atoms with Crippen molar-refractivity contribution >= 4 is 86.4 Å². The third kappa shape index (κ3) is 56.1. The van der Waals surface area contributed by atoms with Crippen LogP contribution in [0.2, 0.25) is 0 Å². The van der Waals surface area contributed by atoms with Crippen molar-refractivity contribution in [1.29, 1.82) is 0 Å². The van der Waals surface area contributed by atoms with E-state index in [-0.39, 0.29) is 19.2 Å². The Kier molecular flexibility index (Phi) is 57.6. The summed E-state index contributed by atoms with van der Waals surface area (Å²) < 4.78 is 122. The second kappa shape index (κ2) is 60.6. The number of carbonyl (C=O) groups is 2. The summed E-state index contributed by atoms with van der Waals surface area (Å²) in [5.41, 5.74) is 25.2. The molecule has 0 aliphatic carbocycles. The Morgan fingerprint density at radius 3 is 1.22 bits per heavy atom. The van der Waals surface area contributed by atoms with E-state index < -0.39 is 69.2 Å². The first-order valence-corrected chi connectivity index (χ1v) is 47.1. The molecule has 6 atom stereocenters. The number of fused-ring (bicyclic) bond motifs is 2. The molecule has 596 valence electrons. The Morgan fingerprint density at radius 2 is 0.817 bits per heavy atom. The van der Waals surface area contributed by atoms with E-state index in [2.05, 4.69) is 67.6 Å². The van der Waals surface area contributed by atoms with Crippen LogP contribution in [0.15, 0.2) is 63.9 Å². The Morgan fingerprint density at radius 1 is 0.462 bits per heavy atom. The molecule has 36 nitrogen and oxygen atoms in total. The standard InChI is InChI=1S/C19H29O4P.C11H26N3O10P3.C11H24N3O9P3.C11H23N3O.C7H4ClO3P/c1-2-3-4-5-6-7-8-9-10-13-16-21-24-22-18-15-12-11-14-17(18)19(20)23-24;12-14-13-10-8-6-4-2-1-3-5-7-9-11-22-26(18,19)24-27(20,21)23-25(15,16)17;12-14-13-10-8-6-4-2-1-3-5-7-9-11-20-26(19)22-24(15,16)21-25(17,18)23-26;12-14-13-10-8-6-4-2-1-3-5-7-9-11-15;8-12-10-6-4-2-1-3-5(6)7(9)11-12/h11-12,14-15H,2-10,13,16H2,1H3;1-11H2,(H,18,19)(H,20,21)(H2,15,16,17);1-11H2,(H,15,16)(H,17,18);15H,1-11H2;1-4H. The number of rotatable bonds is 53. The highest BCUT2D eigenvalue weighted by Gasteiger charge is 2.54. The monoisotopic (exact) mass is 1660 g/mol. The van der Waals surface area contributed by atoms with Crippen LogP contribution in [0.4, 0.5) is 0 Å². The summed E-state index contributed by atoms with van der Waals surface area (Å²) in [5, 5.41) is 19.0. The van der Waals surface area contributed by atoms with Gasteiger partial charge in [0.1, 0.15) is 22.6 Å². The predicted octanol–water partition coefficient (Wildman–Crippen LogP) is 22.2. The quantitative estimate of drug-likeness (QED) is 0.0106. The first kappa shape index (κ1) is 98.8. The predicted molar refractivity (Wildman–Crippen MR) is 393 cm³/mol. The van der Waals surface area contributed by atoms with Crippen LogP contribution in [0.3, 0.4) is 0 Å². The van der Waals surface area contributed by atoms with Gasteiger partial charge in [0.25, 0.3) is 0 Å². The first-order chi connectivity index (χ1) is 49.7. The first-order valence-electron chi connectivity index (χ1n) is 35.0. The molecule has 0 radical (unpaired) electrons. The number of carbonyl (C=O) groups excluding carboxylic acids is 2.